The Morgan fingerprint density at radius 3 is 2.36 bits per heavy atom. The van der Waals surface area contributed by atoms with E-state index in [1.807, 2.05) is 6.07 Å². The number of ether oxygens (including phenoxy) is 1. The molecule has 4 heteroatoms. The van der Waals surface area contributed by atoms with Crippen LogP contribution < -0.4 is 10.1 Å². The average Bonchev–Trinajstić information content (AvgIpc) is 2.68. The van der Waals surface area contributed by atoms with Crippen LogP contribution in [0.3, 0.4) is 0 Å². The number of carbonyl (C=O) groups is 1. The van der Waals surface area contributed by atoms with E-state index < -0.39 is 0 Å². The first-order valence-electron chi connectivity index (χ1n) is 8.19. The molecule has 0 atom stereocenters. The lowest BCUT2D eigenvalue weighted by Crippen LogP contribution is -2.12. The lowest BCUT2D eigenvalue weighted by molar-refractivity contribution is 0.102. The zero-order valence-electron chi connectivity index (χ0n) is 14.3. The number of anilines is 1. The maximum atomic E-state index is 12.5. The number of methoxy groups -OCH3 is 1. The predicted octanol–water partition coefficient (Wildman–Crippen LogP) is 4.57. The topological polar surface area (TPSA) is 51.2 Å². The van der Waals surface area contributed by atoms with Crippen molar-refractivity contribution < 1.29 is 9.53 Å². The van der Waals surface area contributed by atoms with Crippen molar-refractivity contribution in [3.05, 3.63) is 78.1 Å². The summed E-state index contributed by atoms with van der Waals surface area (Å²) in [4.78, 5) is 16.7. The summed E-state index contributed by atoms with van der Waals surface area (Å²) in [5.41, 5.74) is 4.48. The number of amides is 1. The number of rotatable bonds is 5. The maximum Gasteiger partial charge on any atom is 0.257 e. The van der Waals surface area contributed by atoms with Crippen molar-refractivity contribution in [1.82, 2.24) is 4.98 Å². The molecule has 0 saturated carbocycles. The molecule has 0 unspecified atom stereocenters. The van der Waals surface area contributed by atoms with Crippen molar-refractivity contribution in [1.29, 1.82) is 0 Å². The van der Waals surface area contributed by atoms with Gasteiger partial charge >= 0.3 is 0 Å². The largest absolute Gasteiger partial charge is 0.497 e. The van der Waals surface area contributed by atoms with Gasteiger partial charge in [0.25, 0.3) is 5.91 Å². The third-order valence-corrected chi connectivity index (χ3v) is 4.04. The molecule has 2 aromatic carbocycles. The van der Waals surface area contributed by atoms with Crippen molar-refractivity contribution in [3.8, 4) is 16.9 Å². The first kappa shape index (κ1) is 16.7. The third kappa shape index (κ3) is 4.04. The van der Waals surface area contributed by atoms with Crippen LogP contribution in [0.4, 0.5) is 5.69 Å². The van der Waals surface area contributed by atoms with Crippen molar-refractivity contribution in [3.63, 3.8) is 0 Å². The van der Waals surface area contributed by atoms with E-state index in [4.69, 9.17) is 4.74 Å². The summed E-state index contributed by atoms with van der Waals surface area (Å²) >= 11 is 0. The molecular formula is C21H20N2O2. The van der Waals surface area contributed by atoms with Gasteiger partial charge in [-0.25, -0.2) is 0 Å². The summed E-state index contributed by atoms with van der Waals surface area (Å²) < 4.78 is 5.12. The number of aromatic nitrogens is 1. The molecule has 1 amide bonds. The fourth-order valence-electron chi connectivity index (χ4n) is 2.53. The standard InChI is InChI=1S/C21H20N2O2/c1-3-15-4-6-16(7-5-15)17-12-18(14-22-13-17)21(24)23-19-8-10-20(25-2)11-9-19/h4-14H,3H2,1-2H3,(H,23,24). The number of nitrogens with zero attached hydrogens (tertiary/aromatic N) is 1. The summed E-state index contributed by atoms with van der Waals surface area (Å²) in [6.45, 7) is 2.13. The summed E-state index contributed by atoms with van der Waals surface area (Å²) in [7, 11) is 1.61. The zero-order valence-corrected chi connectivity index (χ0v) is 14.3. The van der Waals surface area contributed by atoms with E-state index in [0.29, 0.717) is 11.3 Å². The highest BCUT2D eigenvalue weighted by Gasteiger charge is 2.09. The first-order chi connectivity index (χ1) is 12.2. The van der Waals surface area contributed by atoms with Gasteiger partial charge in [0.05, 0.1) is 12.7 Å². The Morgan fingerprint density at radius 2 is 1.72 bits per heavy atom. The number of pyridine rings is 1. The normalized spacial score (nSPS) is 10.3. The molecule has 0 aliphatic rings. The Kier molecular flexibility index (Phi) is 5.09. The fourth-order valence-corrected chi connectivity index (χ4v) is 2.53. The average molecular weight is 332 g/mol. The van der Waals surface area contributed by atoms with Gasteiger partial charge in [0.1, 0.15) is 5.75 Å². The van der Waals surface area contributed by atoms with Gasteiger partial charge in [-0.05, 0) is 47.9 Å². The van der Waals surface area contributed by atoms with Gasteiger partial charge in [0.15, 0.2) is 0 Å². The van der Waals surface area contributed by atoms with Crippen LogP contribution in [-0.2, 0) is 6.42 Å². The van der Waals surface area contributed by atoms with Gasteiger partial charge in [-0.3, -0.25) is 9.78 Å². The van der Waals surface area contributed by atoms with E-state index in [9.17, 15) is 4.79 Å². The quantitative estimate of drug-likeness (QED) is 0.744. The Balaban J connectivity index is 1.78. The summed E-state index contributed by atoms with van der Waals surface area (Å²) in [6.07, 6.45) is 4.34. The molecule has 1 heterocycles. The highest BCUT2D eigenvalue weighted by molar-refractivity contribution is 6.04. The molecule has 1 aromatic heterocycles. The molecule has 0 radical (unpaired) electrons. The maximum absolute atomic E-state index is 12.5. The molecule has 4 nitrogen and oxygen atoms in total. The van der Waals surface area contributed by atoms with Crippen LogP contribution in [0.5, 0.6) is 5.75 Å². The Morgan fingerprint density at radius 1 is 1.00 bits per heavy atom. The van der Waals surface area contributed by atoms with E-state index in [1.54, 1.807) is 43.8 Å². The Labute approximate surface area is 147 Å². The minimum absolute atomic E-state index is 0.190. The van der Waals surface area contributed by atoms with Crippen LogP contribution in [0.2, 0.25) is 0 Å². The predicted molar refractivity (Wildman–Crippen MR) is 100.0 cm³/mol. The van der Waals surface area contributed by atoms with Crippen LogP contribution in [0.15, 0.2) is 67.0 Å². The molecule has 3 aromatic rings. The van der Waals surface area contributed by atoms with Crippen LogP contribution in [-0.4, -0.2) is 18.0 Å². The second-order valence-corrected chi connectivity index (χ2v) is 5.70. The van der Waals surface area contributed by atoms with Gasteiger partial charge in [-0.15, -0.1) is 0 Å². The van der Waals surface area contributed by atoms with Crippen molar-refractivity contribution in [2.24, 2.45) is 0 Å². The van der Waals surface area contributed by atoms with Crippen LogP contribution in [0.1, 0.15) is 22.8 Å². The van der Waals surface area contributed by atoms with E-state index in [1.165, 1.54) is 5.56 Å². The van der Waals surface area contributed by atoms with E-state index >= 15 is 0 Å². The highest BCUT2D eigenvalue weighted by Crippen LogP contribution is 2.21. The monoisotopic (exact) mass is 332 g/mol. The zero-order chi connectivity index (χ0) is 17.6. The summed E-state index contributed by atoms with van der Waals surface area (Å²) in [5.74, 6) is 0.557. The number of aryl methyl sites for hydroxylation is 1. The molecule has 0 bridgehead atoms. The number of hydrogen-bond acceptors (Lipinski definition) is 3. The Hall–Kier alpha value is -3.14. The molecule has 1 N–H and O–H groups in total. The molecule has 0 fully saturated rings. The van der Waals surface area contributed by atoms with Gasteiger partial charge in [-0.1, -0.05) is 31.2 Å². The van der Waals surface area contributed by atoms with Crippen molar-refractivity contribution >= 4 is 11.6 Å². The van der Waals surface area contributed by atoms with E-state index in [2.05, 4.69) is 41.5 Å². The van der Waals surface area contributed by atoms with Crippen LogP contribution in [0, 0.1) is 0 Å². The van der Waals surface area contributed by atoms with Gasteiger partial charge < -0.3 is 10.1 Å². The molecule has 0 aliphatic heterocycles. The number of benzene rings is 2. The summed E-state index contributed by atoms with van der Waals surface area (Å²) in [6, 6.07) is 17.4. The molecular weight excluding hydrogens is 312 g/mol. The SMILES string of the molecule is CCc1ccc(-c2cncc(C(=O)Nc3ccc(OC)cc3)c2)cc1. The lowest BCUT2D eigenvalue weighted by atomic mass is 10.0. The third-order valence-electron chi connectivity index (χ3n) is 4.04. The van der Waals surface area contributed by atoms with Crippen LogP contribution in [0.25, 0.3) is 11.1 Å². The molecule has 126 valence electrons. The first-order valence-corrected chi connectivity index (χ1v) is 8.19. The van der Waals surface area contributed by atoms with Crippen molar-refractivity contribution in [2.75, 3.05) is 12.4 Å². The number of nitrogens with one attached hydrogen (secondary N) is 1. The second-order valence-electron chi connectivity index (χ2n) is 5.70. The fraction of sp³-hybridized carbons (Fsp3) is 0.143. The molecule has 0 saturated heterocycles. The molecule has 3 rings (SSSR count). The number of hydrogen-bond donors (Lipinski definition) is 1. The van der Waals surface area contributed by atoms with Gasteiger partial charge in [-0.2, -0.15) is 0 Å². The molecule has 0 spiro atoms. The van der Waals surface area contributed by atoms with Gasteiger partial charge in [0.2, 0.25) is 0 Å². The lowest BCUT2D eigenvalue weighted by Gasteiger charge is -2.08. The van der Waals surface area contributed by atoms with Crippen molar-refractivity contribution in [2.45, 2.75) is 13.3 Å². The number of carbonyl (C=O) groups excluding carboxylic acids is 1. The minimum atomic E-state index is -0.190. The van der Waals surface area contributed by atoms with Crippen LogP contribution >= 0.6 is 0 Å². The second kappa shape index (κ2) is 7.62. The Bertz CT molecular complexity index is 856. The highest BCUT2D eigenvalue weighted by atomic mass is 16.5. The molecule has 0 aliphatic carbocycles. The van der Waals surface area contributed by atoms with Gasteiger partial charge in [0, 0.05) is 23.6 Å². The summed E-state index contributed by atoms with van der Waals surface area (Å²) in [5, 5.41) is 2.87. The molecule has 25 heavy (non-hydrogen) atoms. The van der Waals surface area contributed by atoms with E-state index in [0.717, 1.165) is 23.3 Å². The smallest absolute Gasteiger partial charge is 0.257 e. The van der Waals surface area contributed by atoms with E-state index in [-0.39, 0.29) is 5.91 Å². The minimum Gasteiger partial charge on any atom is -0.497 e.